The third-order valence-electron chi connectivity index (χ3n) is 13.3. The lowest BCUT2D eigenvalue weighted by atomic mass is 10.0. The number of aliphatic hydroxyl groups is 4. The highest BCUT2D eigenvalue weighted by Gasteiger charge is 2.21. The average Bonchev–Trinajstić information content (AvgIpc) is 3.28. The van der Waals surface area contributed by atoms with Crippen LogP contribution in [0.2, 0.25) is 0 Å². The summed E-state index contributed by atoms with van der Waals surface area (Å²) in [7, 11) is 0. The molecule has 4 N–H and O–H groups in total. The molecule has 10 heteroatoms. The number of nitrogens with zero attached hydrogens (tertiary/aromatic N) is 2. The van der Waals surface area contributed by atoms with E-state index < -0.39 is 24.4 Å². The van der Waals surface area contributed by atoms with Crippen molar-refractivity contribution in [3.05, 3.63) is 0 Å². The number of thioether (sulfide) groups is 2. The molecule has 0 aromatic rings. The van der Waals surface area contributed by atoms with Crippen LogP contribution in [-0.4, -0.2) is 109 Å². The van der Waals surface area contributed by atoms with E-state index in [9.17, 15) is 30.0 Å². The average molecular weight is 974 g/mol. The smallest absolute Gasteiger partial charge is 0.191 e. The molecule has 0 aliphatic carbocycles. The van der Waals surface area contributed by atoms with E-state index in [-0.39, 0.29) is 14.8 Å². The Morgan fingerprint density at radius 3 is 0.758 bits per heavy atom. The summed E-state index contributed by atoms with van der Waals surface area (Å²) in [5.74, 6) is 0. The predicted molar refractivity (Wildman–Crippen MR) is 290 cm³/mol. The molecular weight excluding hydrogens is 861 g/mol. The van der Waals surface area contributed by atoms with Gasteiger partial charge in [0.25, 0.3) is 0 Å². The maximum atomic E-state index is 13.3. The third-order valence-corrected chi connectivity index (χ3v) is 15.5. The van der Waals surface area contributed by atoms with Gasteiger partial charge in [-0.2, -0.15) is 0 Å². The van der Waals surface area contributed by atoms with E-state index in [4.69, 9.17) is 0 Å². The van der Waals surface area contributed by atoms with Crippen molar-refractivity contribution in [2.75, 3.05) is 39.3 Å². The van der Waals surface area contributed by atoms with Crippen molar-refractivity contribution in [2.45, 2.75) is 308 Å². The molecule has 0 aliphatic rings. The van der Waals surface area contributed by atoms with Crippen LogP contribution in [0.1, 0.15) is 279 Å². The fourth-order valence-electron chi connectivity index (χ4n) is 9.14. The molecule has 0 aromatic carbocycles. The number of aliphatic hydroxyl groups excluding tert-OH is 4. The second-order valence-electron chi connectivity index (χ2n) is 20.2. The van der Waals surface area contributed by atoms with Gasteiger partial charge in [-0.3, -0.25) is 19.4 Å². The van der Waals surface area contributed by atoms with Crippen molar-refractivity contribution in [1.82, 2.24) is 9.80 Å². The first-order valence-electron chi connectivity index (χ1n) is 28.6. The first kappa shape index (κ1) is 65.8. The normalized spacial score (nSPS) is 14.3. The summed E-state index contributed by atoms with van der Waals surface area (Å²) in [5, 5.41) is 44.2. The van der Waals surface area contributed by atoms with E-state index in [1.54, 1.807) is 0 Å². The molecule has 4 atom stereocenters. The number of rotatable bonds is 52. The van der Waals surface area contributed by atoms with Crippen LogP contribution in [0.3, 0.4) is 0 Å². The number of carbonyl (C=O) groups is 2. The second-order valence-corrected chi connectivity index (χ2v) is 23.3. The summed E-state index contributed by atoms with van der Waals surface area (Å²) in [4.78, 5) is 30.8. The minimum atomic E-state index is -0.479. The lowest BCUT2D eigenvalue weighted by Crippen LogP contribution is -2.39. The zero-order valence-corrected chi connectivity index (χ0v) is 45.9. The number of hydrogen-bond acceptors (Lipinski definition) is 10. The zero-order valence-electron chi connectivity index (χ0n) is 44.3. The first-order valence-corrected chi connectivity index (χ1v) is 30.4. The zero-order chi connectivity index (χ0) is 48.7. The Balaban J connectivity index is 5.09. The summed E-state index contributed by atoms with van der Waals surface area (Å²) >= 11 is 2.42. The lowest BCUT2D eigenvalue weighted by Gasteiger charge is -2.27. The molecule has 0 amide bonds. The summed E-state index contributed by atoms with van der Waals surface area (Å²) in [6, 6.07) is 0. The van der Waals surface area contributed by atoms with Gasteiger partial charge in [-0.05, 0) is 32.6 Å². The van der Waals surface area contributed by atoms with Gasteiger partial charge < -0.3 is 20.4 Å². The topological polar surface area (TPSA) is 122 Å². The van der Waals surface area contributed by atoms with Crippen molar-refractivity contribution < 1.29 is 30.0 Å². The minimum Gasteiger partial charge on any atom is -0.392 e. The number of carbonyl (C=O) groups excluding carboxylic acids is 2. The van der Waals surface area contributed by atoms with E-state index in [1.807, 2.05) is 6.92 Å². The maximum absolute atomic E-state index is 13.3. The quantitative estimate of drug-likeness (QED) is 0.0346. The molecule has 66 heavy (non-hydrogen) atoms. The van der Waals surface area contributed by atoms with Gasteiger partial charge in [0.05, 0.1) is 29.0 Å². The third kappa shape index (κ3) is 46.2. The molecular formula is C56H112N2O6S2. The number of unbranched alkanes of at least 4 members (excludes halogenated alkanes) is 28. The standard InChI is InChI=1S/C56H112N2O6S2/c1-6-10-14-18-22-26-30-34-38-51(59)46-57(47-52(60)39-35-31-27-23-19-15-11-7-2)44-42-55(63)65-50(5)66-56(64)43-45-58(48-53(61)40-36-32-28-24-20-16-12-8-3)49-54(62)41-37-33-29-25-21-17-13-9-4/h50-54,59-62H,6-49H2,1-5H3. The van der Waals surface area contributed by atoms with Gasteiger partial charge in [0.15, 0.2) is 10.2 Å². The van der Waals surface area contributed by atoms with Crippen molar-refractivity contribution in [1.29, 1.82) is 0 Å². The molecule has 4 unspecified atom stereocenters. The SMILES string of the molecule is CCCCCCCCCCC(O)CN(CCC(=O)SC(C)SC(=O)CCN(CC(O)CCCCCCCCCC)CC(O)CCCCCCCCCC)CC(O)CCCCCCCCCC. The molecule has 0 rings (SSSR count). The molecule has 0 aliphatic heterocycles. The first-order chi connectivity index (χ1) is 32.0. The molecule has 0 saturated carbocycles. The van der Waals surface area contributed by atoms with Crippen molar-refractivity contribution in [3.8, 4) is 0 Å². The van der Waals surface area contributed by atoms with Crippen LogP contribution < -0.4 is 0 Å². The maximum Gasteiger partial charge on any atom is 0.191 e. The van der Waals surface area contributed by atoms with Crippen LogP contribution in [0.15, 0.2) is 0 Å². The number of hydrogen-bond donors (Lipinski definition) is 4. The van der Waals surface area contributed by atoms with Crippen LogP contribution >= 0.6 is 23.5 Å². The molecule has 0 heterocycles. The highest BCUT2D eigenvalue weighted by molar-refractivity contribution is 8.29. The molecule has 0 spiro atoms. The van der Waals surface area contributed by atoms with Crippen LogP contribution in [0.5, 0.6) is 0 Å². The van der Waals surface area contributed by atoms with Crippen molar-refractivity contribution in [2.24, 2.45) is 0 Å². The van der Waals surface area contributed by atoms with Gasteiger partial charge in [-0.15, -0.1) is 0 Å². The Kier molecular flexibility index (Phi) is 49.6. The monoisotopic (exact) mass is 973 g/mol. The predicted octanol–water partition coefficient (Wildman–Crippen LogP) is 14.8. The van der Waals surface area contributed by atoms with E-state index in [0.29, 0.717) is 52.1 Å². The van der Waals surface area contributed by atoms with E-state index in [0.717, 1.165) is 77.0 Å². The van der Waals surface area contributed by atoms with Gasteiger partial charge in [-0.1, -0.05) is 257 Å². The van der Waals surface area contributed by atoms with Gasteiger partial charge >= 0.3 is 0 Å². The fraction of sp³-hybridized carbons (Fsp3) is 0.964. The Labute approximate surface area is 418 Å². The van der Waals surface area contributed by atoms with E-state index >= 15 is 0 Å². The molecule has 394 valence electrons. The molecule has 8 nitrogen and oxygen atoms in total. The lowest BCUT2D eigenvalue weighted by molar-refractivity contribution is -0.112. The largest absolute Gasteiger partial charge is 0.392 e. The summed E-state index contributed by atoms with van der Waals surface area (Å²) in [6.45, 7) is 13.7. The Morgan fingerprint density at radius 1 is 0.348 bits per heavy atom. The molecule has 0 aromatic heterocycles. The molecule has 0 radical (unpaired) electrons. The minimum absolute atomic E-state index is 0.0257. The Bertz CT molecular complexity index is 908. The van der Waals surface area contributed by atoms with Gasteiger partial charge in [0.2, 0.25) is 0 Å². The van der Waals surface area contributed by atoms with Crippen molar-refractivity contribution >= 4 is 33.8 Å². The molecule has 0 saturated heterocycles. The van der Waals surface area contributed by atoms with Crippen LogP contribution in [0.25, 0.3) is 0 Å². The summed E-state index contributed by atoms with van der Waals surface area (Å²) in [6.07, 6.45) is 40.8. The fourth-order valence-corrected chi connectivity index (χ4v) is 11.1. The highest BCUT2D eigenvalue weighted by atomic mass is 32.2. The Morgan fingerprint density at radius 2 is 0.545 bits per heavy atom. The van der Waals surface area contributed by atoms with Gasteiger partial charge in [-0.25, -0.2) is 0 Å². The second kappa shape index (κ2) is 49.8. The van der Waals surface area contributed by atoms with Gasteiger partial charge in [0, 0.05) is 52.1 Å². The molecule has 0 fully saturated rings. The van der Waals surface area contributed by atoms with E-state index in [2.05, 4.69) is 37.5 Å². The van der Waals surface area contributed by atoms with Crippen LogP contribution in [-0.2, 0) is 9.59 Å². The van der Waals surface area contributed by atoms with Gasteiger partial charge in [0.1, 0.15) is 0 Å². The molecule has 0 bridgehead atoms. The van der Waals surface area contributed by atoms with E-state index in [1.165, 1.54) is 178 Å². The summed E-state index contributed by atoms with van der Waals surface area (Å²) < 4.78 is -0.229. The Hall–Kier alpha value is -0.200. The van der Waals surface area contributed by atoms with Crippen LogP contribution in [0.4, 0.5) is 0 Å². The highest BCUT2D eigenvalue weighted by Crippen LogP contribution is 2.27. The van der Waals surface area contributed by atoms with Crippen LogP contribution in [0, 0.1) is 0 Å². The van der Waals surface area contributed by atoms with Crippen molar-refractivity contribution in [3.63, 3.8) is 0 Å². The summed E-state index contributed by atoms with van der Waals surface area (Å²) in [5.41, 5.74) is 0.